The van der Waals surface area contributed by atoms with E-state index in [1.807, 2.05) is 0 Å². The maximum atomic E-state index is 13.3. The van der Waals surface area contributed by atoms with Gasteiger partial charge in [-0.2, -0.15) is 0 Å². The van der Waals surface area contributed by atoms with Crippen molar-refractivity contribution >= 4 is 45.0 Å². The number of hydrogen-bond acceptors (Lipinski definition) is 5. The molecular weight excluding hydrogens is 478 g/mol. The molecule has 0 saturated carbocycles. The number of halogens is 1. The second-order valence-electron chi connectivity index (χ2n) is 7.07. The van der Waals surface area contributed by atoms with E-state index >= 15 is 0 Å². The summed E-state index contributed by atoms with van der Waals surface area (Å²) < 4.78 is 0.767. The summed E-state index contributed by atoms with van der Waals surface area (Å²) in [7, 11) is 0. The number of amides is 1. The highest BCUT2D eigenvalue weighted by molar-refractivity contribution is 9.10. The van der Waals surface area contributed by atoms with Crippen LogP contribution in [0.1, 0.15) is 27.5 Å². The number of rotatable bonds is 4. The lowest BCUT2D eigenvalue weighted by molar-refractivity contribution is -0.245. The van der Waals surface area contributed by atoms with Gasteiger partial charge in [0.15, 0.2) is 0 Å². The number of carbonyl (C=O) groups is 3. The average molecular weight is 493 g/mol. The summed E-state index contributed by atoms with van der Waals surface area (Å²) in [5.74, 6) is -4.37. The number of hydrogen-bond donors (Lipinski definition) is 2. The van der Waals surface area contributed by atoms with Crippen LogP contribution in [-0.4, -0.2) is 27.9 Å². The molecule has 0 aromatic heterocycles. The molecule has 1 aliphatic heterocycles. The van der Waals surface area contributed by atoms with Crippen molar-refractivity contribution in [3.63, 3.8) is 0 Å². The number of phenols is 1. The smallest absolute Gasteiger partial charge is 0.339 e. The standard InChI is InChI=1S/C24H16BrNO6/c25-15-8-6-13(7-9-15)20-19(21(28)14-4-2-1-3-5-14)22(29)23(30)26(20)16-10-11-17(24(31)32)18(27)12-16/h1-12,20,27-28H,(H,31,32)/p-1/b21-19-. The van der Waals surface area contributed by atoms with Crippen molar-refractivity contribution in [3.8, 4) is 5.75 Å². The lowest BCUT2D eigenvalue weighted by Gasteiger charge is -2.28. The van der Waals surface area contributed by atoms with Gasteiger partial charge in [0, 0.05) is 21.8 Å². The van der Waals surface area contributed by atoms with Crippen LogP contribution in [0.15, 0.2) is 82.8 Å². The first-order chi connectivity index (χ1) is 15.3. The Morgan fingerprint density at radius 2 is 1.62 bits per heavy atom. The lowest BCUT2D eigenvalue weighted by atomic mass is 9.95. The molecule has 0 aliphatic carbocycles. The van der Waals surface area contributed by atoms with Crippen LogP contribution in [0.4, 0.5) is 5.69 Å². The van der Waals surface area contributed by atoms with Crippen molar-refractivity contribution in [3.05, 3.63) is 99.5 Å². The highest BCUT2D eigenvalue weighted by Crippen LogP contribution is 2.42. The average Bonchev–Trinajstić information content (AvgIpc) is 3.04. The normalized spacial score (nSPS) is 17.5. The Morgan fingerprint density at radius 3 is 2.22 bits per heavy atom. The first-order valence-corrected chi connectivity index (χ1v) is 10.2. The fourth-order valence-electron chi connectivity index (χ4n) is 3.65. The molecule has 8 heteroatoms. The minimum Gasteiger partial charge on any atom is -0.872 e. The molecule has 0 spiro atoms. The molecule has 1 saturated heterocycles. The summed E-state index contributed by atoms with van der Waals surface area (Å²) in [4.78, 5) is 38.4. The zero-order valence-corrected chi connectivity index (χ0v) is 17.9. The maximum absolute atomic E-state index is 13.3. The second-order valence-corrected chi connectivity index (χ2v) is 7.99. The molecule has 32 heavy (non-hydrogen) atoms. The van der Waals surface area contributed by atoms with E-state index in [0.717, 1.165) is 21.5 Å². The molecule has 3 aromatic rings. The van der Waals surface area contributed by atoms with Crippen molar-refractivity contribution in [1.29, 1.82) is 0 Å². The molecule has 160 valence electrons. The fourth-order valence-corrected chi connectivity index (χ4v) is 3.91. The second kappa shape index (κ2) is 8.32. The monoisotopic (exact) mass is 492 g/mol. The number of anilines is 1. The summed E-state index contributed by atoms with van der Waals surface area (Å²) in [5, 5.41) is 32.6. The molecule has 1 atom stereocenters. The molecule has 1 amide bonds. The summed E-state index contributed by atoms with van der Waals surface area (Å²) in [6, 6.07) is 17.5. The van der Waals surface area contributed by atoms with Crippen LogP contribution in [0.2, 0.25) is 0 Å². The van der Waals surface area contributed by atoms with Gasteiger partial charge >= 0.3 is 5.97 Å². The summed E-state index contributed by atoms with van der Waals surface area (Å²) >= 11 is 3.34. The third kappa shape index (κ3) is 3.65. The SMILES string of the molecule is O=C1C(=O)N(c2ccc(C(=O)O)c(O)c2)C(c2ccc(Br)cc2)/C1=C(/[O-])c1ccccc1. The van der Waals surface area contributed by atoms with Gasteiger partial charge in [-0.05, 0) is 35.4 Å². The quantitative estimate of drug-likeness (QED) is 0.327. The predicted octanol–water partition coefficient (Wildman–Crippen LogP) is 3.28. The van der Waals surface area contributed by atoms with Gasteiger partial charge in [-0.25, -0.2) is 4.79 Å². The topological polar surface area (TPSA) is 118 Å². The third-order valence-electron chi connectivity index (χ3n) is 5.15. The Morgan fingerprint density at radius 1 is 0.969 bits per heavy atom. The van der Waals surface area contributed by atoms with Crippen molar-refractivity contribution < 1.29 is 29.7 Å². The van der Waals surface area contributed by atoms with E-state index in [0.29, 0.717) is 5.56 Å². The molecule has 2 N–H and O–H groups in total. The molecule has 0 radical (unpaired) electrons. The molecule has 4 rings (SSSR count). The summed E-state index contributed by atoms with van der Waals surface area (Å²) in [6.45, 7) is 0. The minimum absolute atomic E-state index is 0.0923. The molecule has 0 bridgehead atoms. The first kappa shape index (κ1) is 21.3. The van der Waals surface area contributed by atoms with Gasteiger partial charge in [0.05, 0.1) is 6.04 Å². The number of benzene rings is 3. The summed E-state index contributed by atoms with van der Waals surface area (Å²) in [5.41, 5.74) is 0.293. The van der Waals surface area contributed by atoms with E-state index in [1.165, 1.54) is 6.07 Å². The zero-order chi connectivity index (χ0) is 23.0. The van der Waals surface area contributed by atoms with Gasteiger partial charge in [0.2, 0.25) is 5.78 Å². The molecule has 1 fully saturated rings. The largest absolute Gasteiger partial charge is 0.872 e. The van der Waals surface area contributed by atoms with Crippen molar-refractivity contribution in [2.45, 2.75) is 6.04 Å². The molecule has 1 aliphatic rings. The van der Waals surface area contributed by atoms with E-state index in [1.54, 1.807) is 54.6 Å². The molecule has 1 heterocycles. The minimum atomic E-state index is -1.34. The van der Waals surface area contributed by atoms with Gasteiger partial charge in [0.1, 0.15) is 11.3 Å². The van der Waals surface area contributed by atoms with E-state index in [9.17, 15) is 24.6 Å². The Kier molecular flexibility index (Phi) is 5.54. The molecule has 3 aromatic carbocycles. The number of carboxylic acid groups (broad SMARTS) is 1. The van der Waals surface area contributed by atoms with Crippen LogP contribution in [-0.2, 0) is 9.59 Å². The van der Waals surface area contributed by atoms with Crippen LogP contribution < -0.4 is 10.0 Å². The van der Waals surface area contributed by atoms with Crippen molar-refractivity contribution in [2.24, 2.45) is 0 Å². The molecular formula is C24H15BrNO6-. The number of aromatic carboxylic acids is 1. The van der Waals surface area contributed by atoms with Gasteiger partial charge < -0.3 is 15.3 Å². The predicted molar refractivity (Wildman–Crippen MR) is 118 cm³/mol. The third-order valence-corrected chi connectivity index (χ3v) is 5.67. The van der Waals surface area contributed by atoms with E-state index in [-0.39, 0.29) is 22.4 Å². The van der Waals surface area contributed by atoms with E-state index in [4.69, 9.17) is 5.11 Å². The van der Waals surface area contributed by atoms with E-state index < -0.39 is 35.2 Å². The van der Waals surface area contributed by atoms with Crippen molar-refractivity contribution in [1.82, 2.24) is 0 Å². The Balaban J connectivity index is 1.94. The van der Waals surface area contributed by atoms with Crippen LogP contribution >= 0.6 is 15.9 Å². The van der Waals surface area contributed by atoms with Gasteiger partial charge in [0.25, 0.3) is 5.91 Å². The van der Waals surface area contributed by atoms with Gasteiger partial charge in [-0.15, -0.1) is 0 Å². The maximum Gasteiger partial charge on any atom is 0.339 e. The Labute approximate surface area is 191 Å². The molecule has 1 unspecified atom stereocenters. The number of ketones is 1. The van der Waals surface area contributed by atoms with Crippen LogP contribution in [0.5, 0.6) is 5.75 Å². The number of nitrogens with zero attached hydrogens (tertiary/aromatic N) is 1. The zero-order valence-electron chi connectivity index (χ0n) is 16.4. The van der Waals surface area contributed by atoms with E-state index in [2.05, 4.69) is 15.9 Å². The van der Waals surface area contributed by atoms with Crippen LogP contribution in [0.25, 0.3) is 5.76 Å². The highest BCUT2D eigenvalue weighted by atomic mass is 79.9. The number of carboxylic acids is 1. The number of aromatic hydroxyl groups is 1. The van der Waals surface area contributed by atoms with Crippen molar-refractivity contribution in [2.75, 3.05) is 4.90 Å². The molecule has 7 nitrogen and oxygen atoms in total. The lowest BCUT2D eigenvalue weighted by Crippen LogP contribution is -2.29. The first-order valence-electron chi connectivity index (χ1n) is 9.46. The fraction of sp³-hybridized carbons (Fsp3) is 0.0417. The van der Waals surface area contributed by atoms with Gasteiger partial charge in [-0.3, -0.25) is 14.5 Å². The highest BCUT2D eigenvalue weighted by Gasteiger charge is 2.45. The Bertz CT molecular complexity index is 1270. The number of Topliss-reactive ketones (excluding diaryl/α,β-unsaturated/α-hetero) is 1. The van der Waals surface area contributed by atoms with Gasteiger partial charge in [-0.1, -0.05) is 64.2 Å². The van der Waals surface area contributed by atoms with Crippen LogP contribution in [0.3, 0.4) is 0 Å². The van der Waals surface area contributed by atoms with Crippen LogP contribution in [0, 0.1) is 0 Å². The summed E-state index contributed by atoms with van der Waals surface area (Å²) in [6.07, 6.45) is 0. The Hall–Kier alpha value is -3.91. The number of carbonyl (C=O) groups excluding carboxylic acids is 2.